The van der Waals surface area contributed by atoms with E-state index in [0.717, 1.165) is 4.90 Å². The lowest BCUT2D eigenvalue weighted by atomic mass is 10.00. The van der Waals surface area contributed by atoms with Crippen molar-refractivity contribution in [3.63, 3.8) is 0 Å². The van der Waals surface area contributed by atoms with E-state index < -0.39 is 23.0 Å². The van der Waals surface area contributed by atoms with Crippen molar-refractivity contribution in [1.29, 1.82) is 0 Å². The number of amides is 1. The van der Waals surface area contributed by atoms with Gasteiger partial charge in [0.1, 0.15) is 18.2 Å². The van der Waals surface area contributed by atoms with Gasteiger partial charge in [-0.25, -0.2) is 4.79 Å². The summed E-state index contributed by atoms with van der Waals surface area (Å²) in [5, 5.41) is 12.2. The number of carbonyl (C=O) groups excluding carboxylic acids is 1. The third-order valence-electron chi connectivity index (χ3n) is 2.95. The highest BCUT2D eigenvalue weighted by atomic mass is 32.2. The van der Waals surface area contributed by atoms with E-state index in [0.29, 0.717) is 11.3 Å². The molecule has 2 aliphatic rings. The summed E-state index contributed by atoms with van der Waals surface area (Å²) in [7, 11) is 2.67. The average molecular weight is 287 g/mol. The van der Waals surface area contributed by atoms with Crippen molar-refractivity contribution in [1.82, 2.24) is 4.90 Å². The van der Waals surface area contributed by atoms with Crippen molar-refractivity contribution in [3.8, 4) is 0 Å². The minimum atomic E-state index is -1.46. The van der Waals surface area contributed by atoms with Crippen molar-refractivity contribution in [2.24, 2.45) is 10.9 Å². The van der Waals surface area contributed by atoms with Gasteiger partial charge in [0.2, 0.25) is 5.72 Å². The van der Waals surface area contributed by atoms with Gasteiger partial charge in [0.25, 0.3) is 5.91 Å². The Morgan fingerprint density at radius 1 is 1.68 bits per heavy atom. The number of carbonyl (C=O) groups is 2. The number of aliphatic carboxylic acids is 1. The van der Waals surface area contributed by atoms with Crippen LogP contribution in [0.3, 0.4) is 0 Å². The van der Waals surface area contributed by atoms with Crippen LogP contribution in [0.5, 0.6) is 0 Å². The standard InChI is InChI=1S/C10H13N3O5S/c1-17-10(11)8(16)13-6(7(14)15)5(3-12-18-2)4-19-9(10)13/h3,9H,4,11H2,1-2H3,(H,14,15)/t9-,10+/m1/s1. The first kappa shape index (κ1) is 13.8. The summed E-state index contributed by atoms with van der Waals surface area (Å²) in [6.45, 7) is 0. The predicted molar refractivity (Wildman–Crippen MR) is 67.2 cm³/mol. The van der Waals surface area contributed by atoms with Gasteiger partial charge in [-0.1, -0.05) is 5.16 Å². The fourth-order valence-corrected chi connectivity index (χ4v) is 3.32. The minimum Gasteiger partial charge on any atom is -0.477 e. The predicted octanol–water partition coefficient (Wildman–Crippen LogP) is -0.826. The van der Waals surface area contributed by atoms with Crippen molar-refractivity contribution >= 4 is 29.9 Å². The second-order valence-corrected chi connectivity index (χ2v) is 5.00. The van der Waals surface area contributed by atoms with Crippen LogP contribution in [-0.2, 0) is 19.2 Å². The molecule has 0 aromatic heterocycles. The second-order valence-electron chi connectivity index (χ2n) is 3.93. The molecule has 19 heavy (non-hydrogen) atoms. The van der Waals surface area contributed by atoms with Gasteiger partial charge < -0.3 is 14.7 Å². The number of nitrogens with zero attached hydrogens (tertiary/aromatic N) is 2. The summed E-state index contributed by atoms with van der Waals surface area (Å²) in [5.74, 6) is -1.44. The Morgan fingerprint density at radius 3 is 2.89 bits per heavy atom. The Hall–Kier alpha value is -1.58. The van der Waals surface area contributed by atoms with Crippen molar-refractivity contribution in [2.45, 2.75) is 11.1 Å². The molecule has 1 amide bonds. The van der Waals surface area contributed by atoms with Gasteiger partial charge in [-0.05, 0) is 0 Å². The second kappa shape index (κ2) is 4.83. The fraction of sp³-hybridized carbons (Fsp3) is 0.500. The van der Waals surface area contributed by atoms with Crippen LogP contribution in [-0.4, -0.2) is 59.2 Å². The van der Waals surface area contributed by atoms with E-state index in [-0.39, 0.29) is 5.70 Å². The number of methoxy groups -OCH3 is 1. The summed E-state index contributed by atoms with van der Waals surface area (Å²) in [5.41, 5.74) is 4.60. The first-order chi connectivity index (χ1) is 8.97. The van der Waals surface area contributed by atoms with Crippen LogP contribution in [0, 0.1) is 0 Å². The average Bonchev–Trinajstić information content (AvgIpc) is 2.42. The number of thioether (sulfide) groups is 1. The Bertz CT molecular complexity index is 492. The Morgan fingerprint density at radius 2 is 2.37 bits per heavy atom. The Labute approximate surface area is 113 Å². The molecular weight excluding hydrogens is 274 g/mol. The van der Waals surface area contributed by atoms with Crippen LogP contribution in [0.25, 0.3) is 0 Å². The van der Waals surface area contributed by atoms with Crippen LogP contribution < -0.4 is 5.73 Å². The lowest BCUT2D eigenvalue weighted by molar-refractivity contribution is -0.182. The highest BCUT2D eigenvalue weighted by Gasteiger charge is 2.63. The van der Waals surface area contributed by atoms with Gasteiger partial charge in [0.05, 0.1) is 6.21 Å². The van der Waals surface area contributed by atoms with Gasteiger partial charge in [-0.15, -0.1) is 11.8 Å². The summed E-state index contributed by atoms with van der Waals surface area (Å²) in [6.07, 6.45) is 1.28. The maximum Gasteiger partial charge on any atom is 0.353 e. The molecule has 0 aromatic rings. The number of oxime groups is 1. The summed E-state index contributed by atoms with van der Waals surface area (Å²) in [4.78, 5) is 28.9. The molecule has 0 unspecified atom stereocenters. The lowest BCUT2D eigenvalue weighted by Gasteiger charge is -2.53. The van der Waals surface area contributed by atoms with Gasteiger partial charge in [-0.3, -0.25) is 15.4 Å². The Kier molecular flexibility index (Phi) is 3.52. The molecule has 2 aliphatic heterocycles. The number of rotatable bonds is 4. The maximum absolute atomic E-state index is 12.0. The molecule has 0 aliphatic carbocycles. The molecule has 1 fully saturated rings. The molecule has 3 N–H and O–H groups in total. The number of hydrogen-bond acceptors (Lipinski definition) is 7. The van der Waals surface area contributed by atoms with Gasteiger partial charge in [-0.2, -0.15) is 0 Å². The smallest absolute Gasteiger partial charge is 0.353 e. The zero-order valence-corrected chi connectivity index (χ0v) is 11.1. The number of fused-ring (bicyclic) bond motifs is 1. The number of nitrogens with two attached hydrogens (primary N) is 1. The molecule has 0 bridgehead atoms. The summed E-state index contributed by atoms with van der Waals surface area (Å²) < 4.78 is 4.99. The molecule has 0 radical (unpaired) electrons. The van der Waals surface area contributed by atoms with Gasteiger partial charge in [0.15, 0.2) is 0 Å². The minimum absolute atomic E-state index is 0.132. The molecule has 2 atom stereocenters. The topological polar surface area (TPSA) is 114 Å². The van der Waals surface area contributed by atoms with Crippen LogP contribution in [0.2, 0.25) is 0 Å². The lowest BCUT2D eigenvalue weighted by Crippen LogP contribution is -2.78. The molecule has 8 nitrogen and oxygen atoms in total. The molecule has 104 valence electrons. The molecule has 0 spiro atoms. The van der Waals surface area contributed by atoms with E-state index in [9.17, 15) is 14.7 Å². The first-order valence-corrected chi connectivity index (χ1v) is 6.34. The zero-order valence-electron chi connectivity index (χ0n) is 10.3. The fourth-order valence-electron chi connectivity index (χ4n) is 1.98. The molecule has 2 heterocycles. The van der Waals surface area contributed by atoms with Crippen LogP contribution in [0.15, 0.2) is 16.4 Å². The quantitative estimate of drug-likeness (QED) is 0.300. The van der Waals surface area contributed by atoms with E-state index in [2.05, 4.69) is 9.99 Å². The van der Waals surface area contributed by atoms with E-state index in [1.54, 1.807) is 0 Å². The third kappa shape index (κ3) is 1.90. The number of ether oxygens (including phenoxy) is 1. The molecular formula is C10H13N3O5S. The molecule has 2 rings (SSSR count). The third-order valence-corrected chi connectivity index (χ3v) is 4.30. The van der Waals surface area contributed by atoms with Crippen LogP contribution >= 0.6 is 11.8 Å². The number of carboxylic acids is 1. The van der Waals surface area contributed by atoms with E-state index in [1.165, 1.54) is 32.2 Å². The largest absolute Gasteiger partial charge is 0.477 e. The van der Waals surface area contributed by atoms with Gasteiger partial charge in [0, 0.05) is 18.4 Å². The number of carboxylic acid groups (broad SMARTS) is 1. The highest BCUT2D eigenvalue weighted by molar-refractivity contribution is 8.00. The number of β-lactam (4-membered cyclic amide) rings is 1. The van der Waals surface area contributed by atoms with Gasteiger partial charge >= 0.3 is 5.97 Å². The maximum atomic E-state index is 12.0. The summed E-state index contributed by atoms with van der Waals surface area (Å²) >= 11 is 1.32. The number of hydrogen-bond donors (Lipinski definition) is 2. The Balaban J connectivity index is 2.39. The normalized spacial score (nSPS) is 30.4. The van der Waals surface area contributed by atoms with E-state index in [1.807, 2.05) is 0 Å². The van der Waals surface area contributed by atoms with Crippen molar-refractivity contribution in [2.75, 3.05) is 20.0 Å². The van der Waals surface area contributed by atoms with Crippen LogP contribution in [0.4, 0.5) is 0 Å². The molecule has 9 heteroatoms. The first-order valence-electron chi connectivity index (χ1n) is 5.29. The van der Waals surface area contributed by atoms with Crippen molar-refractivity contribution < 1.29 is 24.3 Å². The molecule has 0 saturated carbocycles. The molecule has 0 aromatic carbocycles. The molecule has 1 saturated heterocycles. The summed E-state index contributed by atoms with van der Waals surface area (Å²) in [6, 6.07) is 0. The SMILES string of the molecule is CON=CC1=C(C(=O)O)N2C(=O)[C@](N)(OC)[C@H]2SC1. The van der Waals surface area contributed by atoms with Crippen molar-refractivity contribution in [3.05, 3.63) is 11.3 Å². The highest BCUT2D eigenvalue weighted by Crippen LogP contribution is 2.44. The van der Waals surface area contributed by atoms with E-state index >= 15 is 0 Å². The monoisotopic (exact) mass is 287 g/mol. The van der Waals surface area contributed by atoms with Crippen LogP contribution in [0.1, 0.15) is 0 Å². The van der Waals surface area contributed by atoms with E-state index in [4.69, 9.17) is 10.5 Å². The zero-order chi connectivity index (χ0) is 14.2.